The number of rotatable bonds is 4. The molecule has 1 fully saturated rings. The maximum Gasteiger partial charge on any atom is 0.0795 e. The number of ether oxygens (including phenoxy) is 1. The molecule has 0 amide bonds. The normalized spacial score (nSPS) is 16.2. The number of morpholine rings is 1. The van der Waals surface area contributed by atoms with Crippen molar-refractivity contribution in [1.82, 2.24) is 24.3 Å². The summed E-state index contributed by atoms with van der Waals surface area (Å²) in [6.45, 7) is 5.63. The van der Waals surface area contributed by atoms with Crippen LogP contribution in [-0.4, -0.2) is 57.1 Å². The van der Waals surface area contributed by atoms with Gasteiger partial charge < -0.3 is 4.74 Å². The fourth-order valence-electron chi connectivity index (χ4n) is 2.83. The molecular formula is C16H18IN5O. The molecule has 0 spiro atoms. The van der Waals surface area contributed by atoms with Crippen molar-refractivity contribution in [1.29, 1.82) is 0 Å². The van der Waals surface area contributed by atoms with Gasteiger partial charge in [-0.3, -0.25) is 9.58 Å². The lowest BCUT2D eigenvalue weighted by atomic mass is 10.1. The quantitative estimate of drug-likeness (QED) is 0.604. The van der Waals surface area contributed by atoms with Gasteiger partial charge >= 0.3 is 0 Å². The van der Waals surface area contributed by atoms with E-state index in [0.29, 0.717) is 0 Å². The zero-order chi connectivity index (χ0) is 15.6. The third kappa shape index (κ3) is 3.26. The third-order valence-corrected chi connectivity index (χ3v) is 5.02. The van der Waals surface area contributed by atoms with E-state index in [1.165, 1.54) is 0 Å². The van der Waals surface area contributed by atoms with E-state index in [1.807, 2.05) is 21.6 Å². The zero-order valence-electron chi connectivity index (χ0n) is 12.7. The van der Waals surface area contributed by atoms with Crippen LogP contribution >= 0.6 is 22.6 Å². The van der Waals surface area contributed by atoms with Gasteiger partial charge in [-0.1, -0.05) is 6.07 Å². The third-order valence-electron chi connectivity index (χ3n) is 4.18. The van der Waals surface area contributed by atoms with Gasteiger partial charge in [0.1, 0.15) is 0 Å². The topological polar surface area (TPSA) is 47.6 Å². The molecule has 1 aliphatic rings. The van der Waals surface area contributed by atoms with Crippen LogP contribution in [0, 0.1) is 3.57 Å². The van der Waals surface area contributed by atoms with Gasteiger partial charge in [0.25, 0.3) is 0 Å². The molecule has 4 rings (SSSR count). The average Bonchev–Trinajstić information content (AvgIpc) is 3.21. The zero-order valence-corrected chi connectivity index (χ0v) is 14.9. The van der Waals surface area contributed by atoms with Gasteiger partial charge in [-0.25, -0.2) is 4.52 Å². The highest BCUT2D eigenvalue weighted by atomic mass is 127. The second kappa shape index (κ2) is 6.58. The predicted octanol–water partition coefficient (Wildman–Crippen LogP) is 2.13. The molecule has 7 heteroatoms. The van der Waals surface area contributed by atoms with Crippen molar-refractivity contribution >= 4 is 28.1 Å². The molecule has 1 saturated heterocycles. The molecule has 0 unspecified atom stereocenters. The Bertz CT molecular complexity index is 806. The fourth-order valence-corrected chi connectivity index (χ4v) is 3.38. The lowest BCUT2D eigenvalue weighted by Gasteiger charge is -2.26. The second-order valence-electron chi connectivity index (χ2n) is 5.69. The maximum absolute atomic E-state index is 5.38. The van der Waals surface area contributed by atoms with Gasteiger partial charge in [-0.05, 0) is 28.7 Å². The predicted molar refractivity (Wildman–Crippen MR) is 96.4 cm³/mol. The van der Waals surface area contributed by atoms with Gasteiger partial charge in [0, 0.05) is 43.2 Å². The van der Waals surface area contributed by atoms with Crippen molar-refractivity contribution in [2.24, 2.45) is 0 Å². The van der Waals surface area contributed by atoms with Crippen LogP contribution in [0.25, 0.3) is 16.6 Å². The molecule has 23 heavy (non-hydrogen) atoms. The van der Waals surface area contributed by atoms with Crippen molar-refractivity contribution in [3.05, 3.63) is 40.5 Å². The highest BCUT2D eigenvalue weighted by Gasteiger charge is 2.11. The van der Waals surface area contributed by atoms with E-state index >= 15 is 0 Å². The van der Waals surface area contributed by atoms with Gasteiger partial charge in [0.15, 0.2) is 0 Å². The summed E-state index contributed by atoms with van der Waals surface area (Å²) in [5.74, 6) is 0. The lowest BCUT2D eigenvalue weighted by Crippen LogP contribution is -2.38. The van der Waals surface area contributed by atoms with Crippen LogP contribution in [-0.2, 0) is 11.3 Å². The van der Waals surface area contributed by atoms with Crippen molar-refractivity contribution < 1.29 is 4.74 Å². The van der Waals surface area contributed by atoms with Crippen LogP contribution in [0.2, 0.25) is 0 Å². The van der Waals surface area contributed by atoms with E-state index in [9.17, 15) is 0 Å². The Hall–Kier alpha value is -1.45. The van der Waals surface area contributed by atoms with Gasteiger partial charge in [0.05, 0.1) is 41.2 Å². The summed E-state index contributed by atoms with van der Waals surface area (Å²) in [6, 6.07) is 4.23. The smallest absolute Gasteiger partial charge is 0.0795 e. The van der Waals surface area contributed by atoms with Crippen molar-refractivity contribution in [2.75, 3.05) is 32.8 Å². The Morgan fingerprint density at radius 1 is 1.00 bits per heavy atom. The first-order valence-electron chi connectivity index (χ1n) is 7.75. The number of hydrogen-bond donors (Lipinski definition) is 0. The van der Waals surface area contributed by atoms with Crippen LogP contribution in [0.15, 0.2) is 36.9 Å². The molecular weight excluding hydrogens is 405 g/mol. The molecule has 0 radical (unpaired) electrons. The number of pyridine rings is 1. The number of nitrogens with zero attached hydrogens (tertiary/aromatic N) is 5. The van der Waals surface area contributed by atoms with Crippen LogP contribution in [0.1, 0.15) is 0 Å². The summed E-state index contributed by atoms with van der Waals surface area (Å²) >= 11 is 2.30. The van der Waals surface area contributed by atoms with E-state index in [4.69, 9.17) is 4.74 Å². The molecule has 6 nitrogen and oxygen atoms in total. The Balaban J connectivity index is 1.47. The Labute approximate surface area is 148 Å². The minimum absolute atomic E-state index is 0.840. The Kier molecular flexibility index (Phi) is 4.32. The first-order chi connectivity index (χ1) is 11.3. The highest BCUT2D eigenvalue weighted by Crippen LogP contribution is 2.21. The maximum atomic E-state index is 5.38. The number of halogens is 1. The standard InChI is InChI=1S/C16H18IN5O/c17-15-10-19-22-12-13(1-2-16(15)22)14-9-18-21(11-14)4-3-20-5-7-23-8-6-20/h1-2,9-12H,3-8H2. The molecule has 3 aromatic heterocycles. The summed E-state index contributed by atoms with van der Waals surface area (Å²) in [4.78, 5) is 2.42. The van der Waals surface area contributed by atoms with Gasteiger partial charge in [0.2, 0.25) is 0 Å². The number of aromatic nitrogens is 4. The number of hydrogen-bond acceptors (Lipinski definition) is 4. The monoisotopic (exact) mass is 423 g/mol. The van der Waals surface area contributed by atoms with Gasteiger partial charge in [-0.2, -0.15) is 10.2 Å². The minimum Gasteiger partial charge on any atom is -0.379 e. The largest absolute Gasteiger partial charge is 0.379 e. The summed E-state index contributed by atoms with van der Waals surface area (Å²) < 4.78 is 10.5. The Morgan fingerprint density at radius 3 is 2.74 bits per heavy atom. The SMILES string of the molecule is Ic1cnn2cc(-c3cnn(CCN4CCOCC4)c3)ccc12. The van der Waals surface area contributed by atoms with Crippen LogP contribution in [0.5, 0.6) is 0 Å². The van der Waals surface area contributed by atoms with E-state index in [2.05, 4.69) is 62.2 Å². The molecule has 0 bridgehead atoms. The second-order valence-corrected chi connectivity index (χ2v) is 6.85. The molecule has 0 aromatic carbocycles. The highest BCUT2D eigenvalue weighted by molar-refractivity contribution is 14.1. The van der Waals surface area contributed by atoms with Crippen LogP contribution < -0.4 is 0 Å². The number of fused-ring (bicyclic) bond motifs is 1. The minimum atomic E-state index is 0.840. The van der Waals surface area contributed by atoms with E-state index in [0.717, 1.165) is 59.6 Å². The molecule has 120 valence electrons. The summed E-state index contributed by atoms with van der Waals surface area (Å²) in [5.41, 5.74) is 3.39. The van der Waals surface area contributed by atoms with Crippen molar-refractivity contribution in [3.8, 4) is 11.1 Å². The Morgan fingerprint density at radius 2 is 1.87 bits per heavy atom. The average molecular weight is 423 g/mol. The van der Waals surface area contributed by atoms with Crippen molar-refractivity contribution in [3.63, 3.8) is 0 Å². The molecule has 4 heterocycles. The molecule has 0 aliphatic carbocycles. The molecule has 0 N–H and O–H groups in total. The summed E-state index contributed by atoms with van der Waals surface area (Å²) in [7, 11) is 0. The van der Waals surface area contributed by atoms with Crippen LogP contribution in [0.4, 0.5) is 0 Å². The summed E-state index contributed by atoms with van der Waals surface area (Å²) in [5, 5.41) is 8.86. The lowest BCUT2D eigenvalue weighted by molar-refractivity contribution is 0.0360. The van der Waals surface area contributed by atoms with E-state index in [1.54, 1.807) is 0 Å². The van der Waals surface area contributed by atoms with E-state index in [-0.39, 0.29) is 0 Å². The first kappa shape index (κ1) is 15.1. The first-order valence-corrected chi connectivity index (χ1v) is 8.83. The molecule has 3 aromatic rings. The summed E-state index contributed by atoms with van der Waals surface area (Å²) in [6.07, 6.45) is 7.97. The fraction of sp³-hybridized carbons (Fsp3) is 0.375. The van der Waals surface area contributed by atoms with Crippen LogP contribution in [0.3, 0.4) is 0 Å². The molecule has 0 atom stereocenters. The van der Waals surface area contributed by atoms with Crippen molar-refractivity contribution in [2.45, 2.75) is 6.54 Å². The molecule has 0 saturated carbocycles. The molecule has 1 aliphatic heterocycles. The van der Waals surface area contributed by atoms with E-state index < -0.39 is 0 Å². The van der Waals surface area contributed by atoms with Gasteiger partial charge in [-0.15, -0.1) is 0 Å².